The van der Waals surface area contributed by atoms with Crippen LogP contribution in [-0.4, -0.2) is 53.9 Å². The SMILES string of the molecule is O=C(CN1CCN(Cc2ccc(F)cc2)C(=O)C1=O)Nc1ccc2c(c1)OCO2. The summed E-state index contributed by atoms with van der Waals surface area (Å²) >= 11 is 0. The summed E-state index contributed by atoms with van der Waals surface area (Å²) in [5.74, 6) is -1.08. The summed E-state index contributed by atoms with van der Waals surface area (Å²) in [6.45, 7) is 0.636. The molecule has 2 aromatic carbocycles. The molecule has 0 radical (unpaired) electrons. The molecular formula is C20H18FN3O5. The molecule has 0 aliphatic carbocycles. The normalized spacial score (nSPS) is 15.6. The lowest BCUT2D eigenvalue weighted by Gasteiger charge is -2.33. The highest BCUT2D eigenvalue weighted by Crippen LogP contribution is 2.34. The highest BCUT2D eigenvalue weighted by atomic mass is 19.1. The largest absolute Gasteiger partial charge is 0.454 e. The van der Waals surface area contributed by atoms with Gasteiger partial charge in [-0.05, 0) is 29.8 Å². The smallest absolute Gasteiger partial charge is 0.312 e. The summed E-state index contributed by atoms with van der Waals surface area (Å²) in [5, 5.41) is 2.68. The number of rotatable bonds is 5. The van der Waals surface area contributed by atoms with E-state index in [9.17, 15) is 18.8 Å². The highest BCUT2D eigenvalue weighted by Gasteiger charge is 2.33. The Bertz CT molecular complexity index is 963. The molecule has 4 rings (SSSR count). The minimum atomic E-state index is -0.737. The molecular weight excluding hydrogens is 381 g/mol. The second-order valence-electron chi connectivity index (χ2n) is 6.70. The molecule has 150 valence electrons. The first-order valence-electron chi connectivity index (χ1n) is 9.02. The van der Waals surface area contributed by atoms with Crippen LogP contribution in [-0.2, 0) is 20.9 Å². The number of carbonyl (C=O) groups excluding carboxylic acids is 3. The monoisotopic (exact) mass is 399 g/mol. The Morgan fingerprint density at radius 2 is 1.66 bits per heavy atom. The van der Waals surface area contributed by atoms with Crippen molar-refractivity contribution in [2.75, 3.05) is 31.7 Å². The van der Waals surface area contributed by atoms with Gasteiger partial charge in [-0.25, -0.2) is 4.39 Å². The maximum absolute atomic E-state index is 13.0. The van der Waals surface area contributed by atoms with Crippen LogP contribution in [0.5, 0.6) is 11.5 Å². The third kappa shape index (κ3) is 4.13. The van der Waals surface area contributed by atoms with Gasteiger partial charge in [0.25, 0.3) is 0 Å². The summed E-state index contributed by atoms with van der Waals surface area (Å²) < 4.78 is 23.5. The summed E-state index contributed by atoms with van der Waals surface area (Å²) in [6.07, 6.45) is 0. The van der Waals surface area contributed by atoms with Crippen LogP contribution in [0.1, 0.15) is 5.56 Å². The second kappa shape index (κ2) is 7.78. The van der Waals surface area contributed by atoms with Crippen molar-refractivity contribution in [3.05, 3.63) is 53.8 Å². The summed E-state index contributed by atoms with van der Waals surface area (Å²) in [4.78, 5) is 39.7. The van der Waals surface area contributed by atoms with E-state index in [0.717, 1.165) is 5.56 Å². The van der Waals surface area contributed by atoms with E-state index >= 15 is 0 Å². The number of fused-ring (bicyclic) bond motifs is 1. The Kier molecular flexibility index (Phi) is 5.03. The van der Waals surface area contributed by atoms with Crippen LogP contribution in [0.15, 0.2) is 42.5 Å². The number of piperazine rings is 1. The molecule has 1 saturated heterocycles. The lowest BCUT2D eigenvalue weighted by molar-refractivity contribution is -0.157. The number of nitrogens with zero attached hydrogens (tertiary/aromatic N) is 2. The Hall–Kier alpha value is -3.62. The third-order valence-corrected chi connectivity index (χ3v) is 4.67. The van der Waals surface area contributed by atoms with E-state index < -0.39 is 17.7 Å². The molecule has 0 unspecified atom stereocenters. The lowest BCUT2D eigenvalue weighted by Crippen LogP contribution is -2.55. The molecule has 0 spiro atoms. The number of carbonyl (C=O) groups is 3. The first kappa shape index (κ1) is 18.7. The number of hydrogen-bond donors (Lipinski definition) is 1. The third-order valence-electron chi connectivity index (χ3n) is 4.67. The van der Waals surface area contributed by atoms with Crippen LogP contribution in [0.25, 0.3) is 0 Å². The van der Waals surface area contributed by atoms with Gasteiger partial charge in [-0.1, -0.05) is 12.1 Å². The van der Waals surface area contributed by atoms with E-state index in [1.54, 1.807) is 30.3 Å². The molecule has 2 aromatic rings. The molecule has 29 heavy (non-hydrogen) atoms. The van der Waals surface area contributed by atoms with E-state index in [4.69, 9.17) is 9.47 Å². The quantitative estimate of drug-likeness (QED) is 0.768. The molecule has 0 bridgehead atoms. The molecule has 1 N–H and O–H groups in total. The lowest BCUT2D eigenvalue weighted by atomic mass is 10.2. The Labute approximate surface area is 165 Å². The van der Waals surface area contributed by atoms with Crippen molar-refractivity contribution in [3.8, 4) is 11.5 Å². The van der Waals surface area contributed by atoms with Gasteiger partial charge >= 0.3 is 11.8 Å². The number of benzene rings is 2. The fourth-order valence-electron chi connectivity index (χ4n) is 3.18. The van der Waals surface area contributed by atoms with E-state index in [2.05, 4.69) is 5.32 Å². The molecule has 2 aliphatic heterocycles. The zero-order valence-corrected chi connectivity index (χ0v) is 15.4. The topological polar surface area (TPSA) is 88.2 Å². The number of amides is 3. The van der Waals surface area contributed by atoms with E-state index in [1.807, 2.05) is 0 Å². The fourth-order valence-corrected chi connectivity index (χ4v) is 3.18. The minimum Gasteiger partial charge on any atom is -0.454 e. The highest BCUT2D eigenvalue weighted by molar-refractivity contribution is 6.35. The fraction of sp³-hybridized carbons (Fsp3) is 0.250. The van der Waals surface area contributed by atoms with Crippen molar-refractivity contribution in [1.82, 2.24) is 9.80 Å². The second-order valence-corrected chi connectivity index (χ2v) is 6.70. The molecule has 8 nitrogen and oxygen atoms in total. The zero-order chi connectivity index (χ0) is 20.4. The van der Waals surface area contributed by atoms with Crippen molar-refractivity contribution >= 4 is 23.4 Å². The molecule has 3 amide bonds. The predicted molar refractivity (Wildman–Crippen MR) is 99.6 cm³/mol. The van der Waals surface area contributed by atoms with Crippen LogP contribution in [0, 0.1) is 5.82 Å². The van der Waals surface area contributed by atoms with Crippen molar-refractivity contribution in [3.63, 3.8) is 0 Å². The maximum atomic E-state index is 13.0. The predicted octanol–water partition coefficient (Wildman–Crippen LogP) is 1.36. The van der Waals surface area contributed by atoms with Gasteiger partial charge in [0.05, 0.1) is 0 Å². The number of hydrogen-bond acceptors (Lipinski definition) is 5. The number of anilines is 1. The minimum absolute atomic E-state index is 0.131. The molecule has 9 heteroatoms. The Morgan fingerprint density at radius 3 is 2.45 bits per heavy atom. The molecule has 1 fully saturated rings. The molecule has 0 atom stereocenters. The molecule has 0 saturated carbocycles. The van der Waals surface area contributed by atoms with Crippen molar-refractivity contribution in [1.29, 1.82) is 0 Å². The van der Waals surface area contributed by atoms with E-state index in [-0.39, 0.29) is 32.2 Å². The summed E-state index contributed by atoms with van der Waals surface area (Å²) in [7, 11) is 0. The summed E-state index contributed by atoms with van der Waals surface area (Å²) in [5.41, 5.74) is 1.23. The summed E-state index contributed by atoms with van der Waals surface area (Å²) in [6, 6.07) is 10.7. The van der Waals surface area contributed by atoms with Crippen molar-refractivity contribution < 1.29 is 28.2 Å². The van der Waals surface area contributed by atoms with Crippen molar-refractivity contribution in [2.45, 2.75) is 6.54 Å². The maximum Gasteiger partial charge on any atom is 0.312 e. The van der Waals surface area contributed by atoms with Gasteiger partial charge in [0.15, 0.2) is 11.5 Å². The average molecular weight is 399 g/mol. The zero-order valence-electron chi connectivity index (χ0n) is 15.4. The van der Waals surface area contributed by atoms with Crippen LogP contribution in [0.3, 0.4) is 0 Å². The van der Waals surface area contributed by atoms with Crippen LogP contribution < -0.4 is 14.8 Å². The van der Waals surface area contributed by atoms with Crippen molar-refractivity contribution in [2.24, 2.45) is 0 Å². The first-order valence-corrected chi connectivity index (χ1v) is 9.02. The van der Waals surface area contributed by atoms with Gasteiger partial charge in [-0.2, -0.15) is 0 Å². The van der Waals surface area contributed by atoms with Gasteiger partial charge in [0, 0.05) is 31.4 Å². The van der Waals surface area contributed by atoms with Crippen LogP contribution in [0.4, 0.5) is 10.1 Å². The number of halogens is 1. The number of nitrogens with one attached hydrogen (secondary N) is 1. The van der Waals surface area contributed by atoms with E-state index in [1.165, 1.54) is 21.9 Å². The standard InChI is InChI=1S/C20H18FN3O5/c21-14-3-1-13(2-4-14)10-23-7-8-24(20(27)19(23)26)11-18(25)22-15-5-6-16-17(9-15)29-12-28-16/h1-6,9H,7-8,10-12H2,(H,22,25). The molecule has 0 aromatic heterocycles. The molecule has 2 heterocycles. The van der Waals surface area contributed by atoms with Gasteiger partial charge < -0.3 is 24.6 Å². The Balaban J connectivity index is 1.33. The Morgan fingerprint density at radius 1 is 0.966 bits per heavy atom. The van der Waals surface area contributed by atoms with Crippen LogP contribution in [0.2, 0.25) is 0 Å². The van der Waals surface area contributed by atoms with Gasteiger partial charge in [0.1, 0.15) is 12.4 Å². The van der Waals surface area contributed by atoms with Gasteiger partial charge in [0.2, 0.25) is 12.7 Å². The van der Waals surface area contributed by atoms with Crippen LogP contribution >= 0.6 is 0 Å². The first-order chi connectivity index (χ1) is 14.0. The van der Waals surface area contributed by atoms with Gasteiger partial charge in [-0.15, -0.1) is 0 Å². The van der Waals surface area contributed by atoms with Gasteiger partial charge in [-0.3, -0.25) is 14.4 Å². The molecule has 2 aliphatic rings. The van der Waals surface area contributed by atoms with E-state index in [0.29, 0.717) is 23.7 Å². The number of ether oxygens (including phenoxy) is 2. The average Bonchev–Trinajstić information content (AvgIpc) is 3.17.